The zero-order chi connectivity index (χ0) is 30.8. The van der Waals surface area contributed by atoms with Gasteiger partial charge in [0.25, 0.3) is 5.91 Å². The summed E-state index contributed by atoms with van der Waals surface area (Å²) in [5, 5.41) is 1.64. The third-order valence-corrected chi connectivity index (χ3v) is 12.2. The Bertz CT molecular complexity index is 1170. The summed E-state index contributed by atoms with van der Waals surface area (Å²) in [4.78, 5) is 30.4. The first-order valence-electron chi connectivity index (χ1n) is 14.4. The third kappa shape index (κ3) is 10.0. The standard InChI is InChI=1S/C32H48N4O4Si/c1-23(2)29(24(3)4)40-31(38)28(34-33)27(20-21-39-41(8,9)32(5,6)7)36(22-25-16-12-10-13-17-25)35-30(37)26-18-14-11-15-19-26/h10-19,23-24,27,29H,20-22H2,1-9H3,(H,35,37)/t27-/m1/s1. The van der Waals surface area contributed by atoms with Crippen LogP contribution in [-0.4, -0.2) is 54.5 Å². The smallest absolute Gasteiger partial charge is 0.419 e. The van der Waals surface area contributed by atoms with Crippen molar-refractivity contribution in [3.63, 3.8) is 0 Å². The van der Waals surface area contributed by atoms with E-state index < -0.39 is 20.3 Å². The fourth-order valence-corrected chi connectivity index (χ4v) is 5.41. The minimum absolute atomic E-state index is 0.0116. The van der Waals surface area contributed by atoms with Gasteiger partial charge in [0.05, 0.1) is 0 Å². The maximum absolute atomic E-state index is 13.6. The molecule has 1 N–H and O–H groups in total. The Morgan fingerprint density at radius 1 is 0.951 bits per heavy atom. The zero-order valence-electron chi connectivity index (χ0n) is 26.2. The number of benzene rings is 2. The van der Waals surface area contributed by atoms with Crippen LogP contribution in [0.1, 0.15) is 70.8 Å². The lowest BCUT2D eigenvalue weighted by Gasteiger charge is -2.37. The number of nitrogens with zero attached hydrogens (tertiary/aromatic N) is 3. The molecular weight excluding hydrogens is 532 g/mol. The number of hydrogen-bond acceptors (Lipinski definition) is 5. The minimum atomic E-state index is -2.12. The van der Waals surface area contributed by atoms with E-state index in [1.165, 1.54) is 0 Å². The Hall–Kier alpha value is -3.10. The second-order valence-corrected chi connectivity index (χ2v) is 17.5. The second kappa shape index (κ2) is 15.2. The molecule has 0 spiro atoms. The summed E-state index contributed by atoms with van der Waals surface area (Å²) in [5.41, 5.74) is 14.4. The quantitative estimate of drug-likeness (QED) is 0.0685. The summed E-state index contributed by atoms with van der Waals surface area (Å²) < 4.78 is 12.4. The molecule has 2 aromatic carbocycles. The molecule has 1 amide bonds. The molecule has 0 bridgehead atoms. The van der Waals surface area contributed by atoms with Crippen LogP contribution in [0.5, 0.6) is 0 Å². The van der Waals surface area contributed by atoms with Crippen LogP contribution in [0, 0.1) is 11.8 Å². The van der Waals surface area contributed by atoms with Gasteiger partial charge in [-0.3, -0.25) is 10.2 Å². The van der Waals surface area contributed by atoms with Gasteiger partial charge in [0.1, 0.15) is 12.1 Å². The molecule has 9 heteroatoms. The lowest BCUT2D eigenvalue weighted by Crippen LogP contribution is -2.54. The molecule has 224 valence electrons. The van der Waals surface area contributed by atoms with Crippen molar-refractivity contribution in [1.29, 1.82) is 0 Å². The fraction of sp³-hybridized carbons (Fsp3) is 0.531. The monoisotopic (exact) mass is 580 g/mol. The van der Waals surface area contributed by atoms with Gasteiger partial charge in [0, 0.05) is 18.7 Å². The van der Waals surface area contributed by atoms with Gasteiger partial charge in [-0.25, -0.2) is 9.80 Å². The minimum Gasteiger partial charge on any atom is -0.453 e. The van der Waals surface area contributed by atoms with E-state index in [0.29, 0.717) is 12.2 Å². The van der Waals surface area contributed by atoms with E-state index in [4.69, 9.17) is 9.16 Å². The van der Waals surface area contributed by atoms with Gasteiger partial charge in [-0.1, -0.05) is 97.0 Å². The van der Waals surface area contributed by atoms with Gasteiger partial charge < -0.3 is 14.7 Å². The van der Waals surface area contributed by atoms with Gasteiger partial charge in [0.2, 0.25) is 0 Å². The first-order chi connectivity index (χ1) is 19.2. The number of ether oxygens (including phenoxy) is 1. The molecule has 41 heavy (non-hydrogen) atoms. The molecule has 0 aliphatic carbocycles. The van der Waals surface area contributed by atoms with Crippen molar-refractivity contribution >= 4 is 25.9 Å². The summed E-state index contributed by atoms with van der Waals surface area (Å²) >= 11 is 0. The SMILES string of the molecule is CC(C)C(OC(=O)C(=[N+]=[N-])[C@@H](CCO[Si](C)(C)C(C)(C)C)N(Cc1ccccc1)NC(=O)c1ccccc1)C(C)C. The molecule has 0 radical (unpaired) electrons. The van der Waals surface area contributed by atoms with Crippen LogP contribution >= 0.6 is 0 Å². The first kappa shape index (κ1) is 34.1. The Morgan fingerprint density at radius 3 is 1.98 bits per heavy atom. The number of amides is 1. The molecule has 0 aliphatic rings. The van der Waals surface area contributed by atoms with E-state index in [9.17, 15) is 15.1 Å². The van der Waals surface area contributed by atoms with Gasteiger partial charge in [-0.05, 0) is 54.1 Å². The molecule has 0 fully saturated rings. The third-order valence-electron chi connectivity index (χ3n) is 7.70. The van der Waals surface area contributed by atoms with E-state index in [0.717, 1.165) is 5.56 Å². The number of hydrazine groups is 1. The van der Waals surface area contributed by atoms with Crippen molar-refractivity contribution in [3.8, 4) is 0 Å². The average Bonchev–Trinajstić information content (AvgIpc) is 2.90. The molecule has 0 aromatic heterocycles. The molecule has 8 nitrogen and oxygen atoms in total. The van der Waals surface area contributed by atoms with Crippen LogP contribution < -0.4 is 5.43 Å². The highest BCUT2D eigenvalue weighted by atomic mass is 28.4. The fourth-order valence-electron chi connectivity index (χ4n) is 4.34. The summed E-state index contributed by atoms with van der Waals surface area (Å²) in [7, 11) is -2.12. The Morgan fingerprint density at radius 2 is 1.49 bits per heavy atom. The van der Waals surface area contributed by atoms with Crippen LogP contribution in [0.2, 0.25) is 18.1 Å². The molecule has 0 unspecified atom stereocenters. The summed E-state index contributed by atoms with van der Waals surface area (Å²) in [5.74, 6) is -0.927. The molecular formula is C32H48N4O4Si. The maximum Gasteiger partial charge on any atom is 0.419 e. The van der Waals surface area contributed by atoms with Crippen molar-refractivity contribution in [1.82, 2.24) is 10.4 Å². The average molecular weight is 581 g/mol. The molecule has 2 rings (SSSR count). The predicted octanol–water partition coefficient (Wildman–Crippen LogP) is 6.51. The second-order valence-electron chi connectivity index (χ2n) is 12.7. The Labute approximate surface area is 247 Å². The lowest BCUT2D eigenvalue weighted by molar-refractivity contribution is -0.151. The van der Waals surface area contributed by atoms with Crippen molar-refractivity contribution in [3.05, 3.63) is 77.3 Å². The van der Waals surface area contributed by atoms with Crippen LogP contribution in [0.3, 0.4) is 0 Å². The highest BCUT2D eigenvalue weighted by molar-refractivity contribution is 6.74. The van der Waals surface area contributed by atoms with Crippen LogP contribution in [0.15, 0.2) is 60.7 Å². The molecule has 1 atom stereocenters. The Kier molecular flexibility index (Phi) is 12.7. The highest BCUT2D eigenvalue weighted by Crippen LogP contribution is 2.36. The number of carbonyl (C=O) groups is 2. The normalized spacial score (nSPS) is 12.9. The van der Waals surface area contributed by atoms with E-state index in [1.54, 1.807) is 29.3 Å². The van der Waals surface area contributed by atoms with E-state index in [1.807, 2.05) is 64.1 Å². The molecule has 0 aliphatic heterocycles. The lowest BCUT2D eigenvalue weighted by atomic mass is 9.96. The summed E-state index contributed by atoms with van der Waals surface area (Å²) in [6, 6.07) is 17.6. The zero-order valence-corrected chi connectivity index (χ0v) is 27.2. The van der Waals surface area contributed by atoms with Crippen LogP contribution in [0.25, 0.3) is 5.53 Å². The van der Waals surface area contributed by atoms with E-state index in [2.05, 4.69) is 44.1 Å². The number of esters is 1. The van der Waals surface area contributed by atoms with Gasteiger partial charge in [0.15, 0.2) is 8.32 Å². The highest BCUT2D eigenvalue weighted by Gasteiger charge is 2.42. The predicted molar refractivity (Wildman–Crippen MR) is 166 cm³/mol. The number of hydrogen-bond donors (Lipinski definition) is 1. The number of nitrogens with one attached hydrogen (secondary N) is 1. The van der Waals surface area contributed by atoms with Crippen molar-refractivity contribution in [2.45, 2.75) is 91.7 Å². The van der Waals surface area contributed by atoms with Crippen LogP contribution in [0.4, 0.5) is 0 Å². The van der Waals surface area contributed by atoms with E-state index >= 15 is 0 Å². The molecule has 0 saturated carbocycles. The molecule has 2 aromatic rings. The summed E-state index contributed by atoms with van der Waals surface area (Å²) in [6.45, 7) is 19.3. The first-order valence-corrected chi connectivity index (χ1v) is 17.3. The van der Waals surface area contributed by atoms with Crippen molar-refractivity contribution in [2.75, 3.05) is 6.61 Å². The van der Waals surface area contributed by atoms with Crippen LogP contribution in [-0.2, 0) is 20.5 Å². The van der Waals surface area contributed by atoms with E-state index in [-0.39, 0.29) is 47.6 Å². The largest absolute Gasteiger partial charge is 0.453 e. The summed E-state index contributed by atoms with van der Waals surface area (Å²) in [6.07, 6.45) is -0.0819. The molecule has 0 heterocycles. The molecule has 0 saturated heterocycles. The Balaban J connectivity index is 2.51. The van der Waals surface area contributed by atoms with Gasteiger partial charge >= 0.3 is 11.7 Å². The van der Waals surface area contributed by atoms with Gasteiger partial charge in [-0.15, -0.1) is 0 Å². The number of rotatable bonds is 14. The topological polar surface area (TPSA) is 104 Å². The van der Waals surface area contributed by atoms with Gasteiger partial charge in [-0.2, -0.15) is 4.79 Å². The maximum atomic E-state index is 13.6. The number of carbonyl (C=O) groups excluding carboxylic acids is 2. The van der Waals surface area contributed by atoms with Crippen molar-refractivity contribution in [2.24, 2.45) is 11.8 Å². The van der Waals surface area contributed by atoms with Crippen molar-refractivity contribution < 1.29 is 23.5 Å².